The third-order valence-corrected chi connectivity index (χ3v) is 6.20. The molecule has 5 rings (SSSR count). The van der Waals surface area contributed by atoms with Crippen LogP contribution in [0.2, 0.25) is 5.02 Å². The van der Waals surface area contributed by atoms with E-state index in [1.165, 1.54) is 11.3 Å². The number of carbonyl (C=O) groups excluding carboxylic acids is 2. The van der Waals surface area contributed by atoms with Gasteiger partial charge in [0.05, 0.1) is 16.3 Å². The van der Waals surface area contributed by atoms with Gasteiger partial charge in [0.25, 0.3) is 11.8 Å². The molecular weight excluding hydrogens is 416 g/mol. The minimum absolute atomic E-state index is 0.249. The number of imide groups is 1. The van der Waals surface area contributed by atoms with E-state index in [1.54, 1.807) is 24.3 Å². The topological polar surface area (TPSA) is 49.4 Å². The number of nitrogens with zero attached hydrogens (tertiary/aromatic N) is 1. The number of amides is 2. The first-order valence-electron chi connectivity index (χ1n) is 9.31. The molecular formula is C24H15ClN2O2S. The number of halogens is 1. The Morgan fingerprint density at radius 2 is 1.57 bits per heavy atom. The van der Waals surface area contributed by atoms with Gasteiger partial charge in [0.1, 0.15) is 5.70 Å². The molecule has 146 valence electrons. The Morgan fingerprint density at radius 3 is 2.37 bits per heavy atom. The molecule has 30 heavy (non-hydrogen) atoms. The lowest BCUT2D eigenvalue weighted by Gasteiger charge is -2.17. The van der Waals surface area contributed by atoms with E-state index in [0.717, 1.165) is 26.2 Å². The lowest BCUT2D eigenvalue weighted by atomic mass is 10.1. The maximum atomic E-state index is 13.4. The highest BCUT2D eigenvalue weighted by molar-refractivity contribution is 7.11. The summed E-state index contributed by atoms with van der Waals surface area (Å²) in [6.07, 6.45) is 0. The van der Waals surface area contributed by atoms with Crippen molar-refractivity contribution in [3.63, 3.8) is 0 Å². The van der Waals surface area contributed by atoms with Crippen molar-refractivity contribution in [1.82, 2.24) is 0 Å². The lowest BCUT2D eigenvalue weighted by Crippen LogP contribution is -2.32. The van der Waals surface area contributed by atoms with Crippen molar-refractivity contribution in [3.05, 3.63) is 99.8 Å². The highest BCUT2D eigenvalue weighted by Crippen LogP contribution is 2.38. The summed E-state index contributed by atoms with van der Waals surface area (Å²) in [6, 6.07) is 24.3. The van der Waals surface area contributed by atoms with E-state index in [0.29, 0.717) is 16.3 Å². The molecule has 0 radical (unpaired) electrons. The zero-order chi connectivity index (χ0) is 20.7. The summed E-state index contributed by atoms with van der Waals surface area (Å²) in [7, 11) is 0. The maximum absolute atomic E-state index is 13.4. The normalized spacial score (nSPS) is 14.1. The number of hydrogen-bond donors (Lipinski definition) is 1. The van der Waals surface area contributed by atoms with Crippen molar-refractivity contribution in [2.75, 3.05) is 10.2 Å². The third-order valence-electron chi connectivity index (χ3n) is 4.99. The van der Waals surface area contributed by atoms with Crippen molar-refractivity contribution < 1.29 is 9.59 Å². The monoisotopic (exact) mass is 430 g/mol. The lowest BCUT2D eigenvalue weighted by molar-refractivity contribution is -0.120. The molecule has 0 saturated heterocycles. The van der Waals surface area contributed by atoms with Crippen molar-refractivity contribution in [3.8, 4) is 0 Å². The Bertz CT molecular complexity index is 1320. The summed E-state index contributed by atoms with van der Waals surface area (Å²) in [6.45, 7) is 0. The molecule has 0 atom stereocenters. The summed E-state index contributed by atoms with van der Waals surface area (Å²) in [5.41, 5.74) is 1.74. The fraction of sp³-hybridized carbons (Fsp3) is 0. The van der Waals surface area contributed by atoms with Gasteiger partial charge in [-0.05, 0) is 35.0 Å². The minimum Gasteiger partial charge on any atom is -0.350 e. The Kier molecular flexibility index (Phi) is 4.62. The van der Waals surface area contributed by atoms with E-state index < -0.39 is 11.8 Å². The van der Waals surface area contributed by atoms with E-state index in [9.17, 15) is 9.59 Å². The second-order valence-electron chi connectivity index (χ2n) is 6.78. The molecule has 4 nitrogen and oxygen atoms in total. The Labute approximate surface area is 182 Å². The van der Waals surface area contributed by atoms with E-state index >= 15 is 0 Å². The van der Waals surface area contributed by atoms with Gasteiger partial charge in [-0.25, -0.2) is 4.90 Å². The highest BCUT2D eigenvalue weighted by Gasteiger charge is 2.41. The average molecular weight is 431 g/mol. The minimum atomic E-state index is -0.426. The first-order valence-corrected chi connectivity index (χ1v) is 10.6. The van der Waals surface area contributed by atoms with Gasteiger partial charge in [-0.3, -0.25) is 9.59 Å². The second kappa shape index (κ2) is 7.44. The van der Waals surface area contributed by atoms with Crippen molar-refractivity contribution in [1.29, 1.82) is 0 Å². The summed E-state index contributed by atoms with van der Waals surface area (Å²) in [4.78, 5) is 28.7. The molecule has 0 spiro atoms. The van der Waals surface area contributed by atoms with Crippen molar-refractivity contribution in [2.24, 2.45) is 0 Å². The quantitative estimate of drug-likeness (QED) is 0.407. The van der Waals surface area contributed by atoms with Crippen LogP contribution in [0.25, 0.3) is 16.3 Å². The van der Waals surface area contributed by atoms with Gasteiger partial charge in [0.15, 0.2) is 0 Å². The molecule has 3 aromatic carbocycles. The van der Waals surface area contributed by atoms with Gasteiger partial charge in [-0.1, -0.05) is 66.2 Å². The molecule has 1 aliphatic heterocycles. The molecule has 6 heteroatoms. The van der Waals surface area contributed by atoms with Crippen LogP contribution in [0.15, 0.2) is 89.9 Å². The maximum Gasteiger partial charge on any atom is 0.282 e. The molecule has 1 aromatic heterocycles. The number of benzene rings is 3. The van der Waals surface area contributed by atoms with Crippen molar-refractivity contribution in [2.45, 2.75) is 0 Å². The summed E-state index contributed by atoms with van der Waals surface area (Å²) in [5, 5.41) is 7.49. The van der Waals surface area contributed by atoms with E-state index in [2.05, 4.69) is 5.32 Å². The summed E-state index contributed by atoms with van der Waals surface area (Å²) >= 11 is 7.73. The number of hydrogen-bond acceptors (Lipinski definition) is 4. The van der Waals surface area contributed by atoms with Crippen LogP contribution < -0.4 is 10.2 Å². The number of para-hydroxylation sites is 1. The second-order valence-corrected chi connectivity index (χ2v) is 8.13. The molecule has 0 bridgehead atoms. The predicted molar refractivity (Wildman–Crippen MR) is 123 cm³/mol. The van der Waals surface area contributed by atoms with Crippen LogP contribution in [0.4, 0.5) is 11.4 Å². The van der Waals surface area contributed by atoms with E-state index in [-0.39, 0.29) is 5.70 Å². The van der Waals surface area contributed by atoms with Gasteiger partial charge in [-0.15, -0.1) is 11.3 Å². The van der Waals surface area contributed by atoms with Crippen LogP contribution in [0, 0.1) is 0 Å². The van der Waals surface area contributed by atoms with Gasteiger partial charge in [-0.2, -0.15) is 0 Å². The van der Waals surface area contributed by atoms with Gasteiger partial charge < -0.3 is 5.32 Å². The van der Waals surface area contributed by atoms with Crippen LogP contribution in [-0.2, 0) is 9.59 Å². The van der Waals surface area contributed by atoms with Crippen LogP contribution in [0.1, 0.15) is 4.88 Å². The summed E-state index contributed by atoms with van der Waals surface area (Å²) in [5.74, 6) is -0.817. The molecule has 1 aliphatic rings. The third kappa shape index (κ3) is 3.00. The Hall–Kier alpha value is -3.41. The molecule has 0 fully saturated rings. The number of fused-ring (bicyclic) bond motifs is 1. The average Bonchev–Trinajstić information content (AvgIpc) is 3.36. The number of nitrogens with one attached hydrogen (secondary N) is 1. The molecule has 2 heterocycles. The van der Waals surface area contributed by atoms with Crippen LogP contribution in [0.3, 0.4) is 0 Å². The molecule has 0 aliphatic carbocycles. The highest BCUT2D eigenvalue weighted by atomic mass is 35.5. The molecule has 0 unspecified atom stereocenters. The largest absolute Gasteiger partial charge is 0.350 e. The molecule has 1 N–H and O–H groups in total. The van der Waals surface area contributed by atoms with Crippen LogP contribution in [0.5, 0.6) is 0 Å². The van der Waals surface area contributed by atoms with E-state index in [4.69, 9.17) is 11.6 Å². The molecule has 4 aromatic rings. The first kappa shape index (κ1) is 18.6. The van der Waals surface area contributed by atoms with Crippen LogP contribution in [-0.4, -0.2) is 11.8 Å². The Morgan fingerprint density at radius 1 is 0.800 bits per heavy atom. The first-order chi connectivity index (χ1) is 14.6. The number of rotatable bonds is 4. The number of carbonyl (C=O) groups is 2. The van der Waals surface area contributed by atoms with E-state index in [1.807, 2.05) is 60.0 Å². The standard InChI is InChI=1S/C24H15ClN2O2S/c25-17-10-3-4-12-19(17)27-23(28)21(20-13-6-14-30-20)22(24(27)29)26-18-11-5-8-15-7-1-2-9-16(15)18/h1-14,26H. The molecule has 0 saturated carbocycles. The zero-order valence-electron chi connectivity index (χ0n) is 15.6. The predicted octanol–water partition coefficient (Wildman–Crippen LogP) is 5.95. The number of thiophene rings is 1. The van der Waals surface area contributed by atoms with Crippen molar-refractivity contribution >= 4 is 62.5 Å². The van der Waals surface area contributed by atoms with Gasteiger partial charge >= 0.3 is 0 Å². The number of anilines is 2. The SMILES string of the molecule is O=C1C(Nc2cccc3ccccc23)=C(c2cccs2)C(=O)N1c1ccccc1Cl. The zero-order valence-corrected chi connectivity index (χ0v) is 17.2. The summed E-state index contributed by atoms with van der Waals surface area (Å²) < 4.78 is 0. The molecule has 2 amide bonds. The van der Waals surface area contributed by atoms with Crippen LogP contribution >= 0.6 is 22.9 Å². The fourth-order valence-corrected chi connectivity index (χ4v) is 4.60. The van der Waals surface area contributed by atoms with Gasteiger partial charge in [0.2, 0.25) is 0 Å². The smallest absolute Gasteiger partial charge is 0.282 e. The Balaban J connectivity index is 1.66. The fourth-order valence-electron chi connectivity index (χ4n) is 3.62. The van der Waals surface area contributed by atoms with Gasteiger partial charge in [0, 0.05) is 16.0 Å².